The summed E-state index contributed by atoms with van der Waals surface area (Å²) in [6.45, 7) is 7.37. The molecule has 0 bridgehead atoms. The Morgan fingerprint density at radius 2 is 1.82 bits per heavy atom. The van der Waals surface area contributed by atoms with Gasteiger partial charge < -0.3 is 10.1 Å². The minimum absolute atomic E-state index is 0.0544. The molecule has 1 atom stereocenters. The average Bonchev–Trinajstić information content (AvgIpc) is 3.45. The summed E-state index contributed by atoms with van der Waals surface area (Å²) >= 11 is 12.5. The van der Waals surface area contributed by atoms with Gasteiger partial charge in [0.25, 0.3) is 11.8 Å². The largest absolute Gasteiger partial charge is 0.460 e. The Labute approximate surface area is 230 Å². The molecule has 1 aromatic heterocycles. The van der Waals surface area contributed by atoms with Crippen LogP contribution >= 0.6 is 23.2 Å². The highest BCUT2D eigenvalue weighted by Crippen LogP contribution is 2.44. The third-order valence-corrected chi connectivity index (χ3v) is 7.37. The summed E-state index contributed by atoms with van der Waals surface area (Å²) in [6, 6.07) is 12.7. The van der Waals surface area contributed by atoms with Gasteiger partial charge in [-0.25, -0.2) is 14.7 Å². The molecular formula is C28H26Cl2N4O4. The standard InChI is InChI=1S/C28H26Cl2N4O4/c1-4-11-38-25(37)28(9-10-28)32-23(35)22-16-31-26-33(21-13-19(29)12-20(30)14-21)24(36)27(3,34(22)26)15-18-7-5-17(2)6-8-18/h4-8,12-14,16H,1,9-11,15H2,2-3H3,(H,32,35)/t27-/m1/s1. The topological polar surface area (TPSA) is 93.5 Å². The lowest BCUT2D eigenvalue weighted by Crippen LogP contribution is -2.47. The number of amides is 2. The van der Waals surface area contributed by atoms with Crippen LogP contribution in [0.25, 0.3) is 0 Å². The molecule has 8 nitrogen and oxygen atoms in total. The molecule has 2 heterocycles. The molecule has 2 aliphatic rings. The number of carbonyl (C=O) groups is 3. The van der Waals surface area contributed by atoms with Crippen molar-refractivity contribution in [2.75, 3.05) is 11.5 Å². The van der Waals surface area contributed by atoms with E-state index in [2.05, 4.69) is 16.9 Å². The Morgan fingerprint density at radius 1 is 1.16 bits per heavy atom. The molecular weight excluding hydrogens is 527 g/mol. The van der Waals surface area contributed by atoms with Crippen LogP contribution in [0.1, 0.15) is 41.4 Å². The first kappa shape index (κ1) is 26.0. The summed E-state index contributed by atoms with van der Waals surface area (Å²) in [6.07, 6.45) is 4.10. The first-order valence-corrected chi connectivity index (χ1v) is 12.9. The fraction of sp³-hybridized carbons (Fsp3) is 0.286. The first-order chi connectivity index (χ1) is 18.1. The van der Waals surface area contributed by atoms with E-state index in [0.717, 1.165) is 11.1 Å². The van der Waals surface area contributed by atoms with Crippen molar-refractivity contribution in [3.05, 3.63) is 88.2 Å². The fourth-order valence-corrected chi connectivity index (χ4v) is 5.31. The molecule has 0 spiro atoms. The number of benzene rings is 2. The minimum Gasteiger partial charge on any atom is -0.460 e. The van der Waals surface area contributed by atoms with Gasteiger partial charge in [-0.2, -0.15) is 0 Å². The predicted octanol–water partition coefficient (Wildman–Crippen LogP) is 5.13. The van der Waals surface area contributed by atoms with Crippen molar-refractivity contribution in [1.29, 1.82) is 0 Å². The molecule has 1 saturated carbocycles. The molecule has 1 aliphatic heterocycles. The minimum atomic E-state index is -1.21. The highest BCUT2D eigenvalue weighted by molar-refractivity contribution is 6.35. The number of halogens is 2. The van der Waals surface area contributed by atoms with Gasteiger partial charge in [-0.3, -0.25) is 14.2 Å². The maximum Gasteiger partial charge on any atom is 0.332 e. The summed E-state index contributed by atoms with van der Waals surface area (Å²) in [5.41, 5.74) is 0.291. The van der Waals surface area contributed by atoms with Crippen LogP contribution < -0.4 is 10.2 Å². The zero-order valence-electron chi connectivity index (χ0n) is 21.0. The molecule has 1 aliphatic carbocycles. The third kappa shape index (κ3) is 4.48. The third-order valence-electron chi connectivity index (χ3n) is 6.93. The molecule has 2 aromatic carbocycles. The highest BCUT2D eigenvalue weighted by Gasteiger charge is 2.55. The Morgan fingerprint density at radius 3 is 2.42 bits per heavy atom. The number of fused-ring (bicyclic) bond motifs is 1. The van der Waals surface area contributed by atoms with Crippen LogP contribution in [0.5, 0.6) is 0 Å². The van der Waals surface area contributed by atoms with Crippen molar-refractivity contribution in [3.8, 4) is 0 Å². The van der Waals surface area contributed by atoms with E-state index in [1.54, 1.807) is 29.7 Å². The number of ether oxygens (including phenoxy) is 1. The zero-order chi connectivity index (χ0) is 27.2. The van der Waals surface area contributed by atoms with E-state index in [-0.39, 0.29) is 24.2 Å². The number of nitrogens with one attached hydrogen (secondary N) is 1. The number of imidazole rings is 1. The fourth-order valence-electron chi connectivity index (χ4n) is 4.79. The average molecular weight is 553 g/mol. The van der Waals surface area contributed by atoms with Crippen LogP contribution in [0.2, 0.25) is 10.0 Å². The van der Waals surface area contributed by atoms with Crippen molar-refractivity contribution in [2.45, 2.75) is 44.2 Å². The molecule has 0 unspecified atom stereocenters. The number of anilines is 2. The Bertz CT molecular complexity index is 1440. The van der Waals surface area contributed by atoms with Crippen molar-refractivity contribution >= 4 is 52.6 Å². The van der Waals surface area contributed by atoms with Gasteiger partial charge in [0.05, 0.1) is 11.9 Å². The van der Waals surface area contributed by atoms with Crippen molar-refractivity contribution in [3.63, 3.8) is 0 Å². The molecule has 5 rings (SSSR count). The number of aromatic nitrogens is 2. The predicted molar refractivity (Wildman–Crippen MR) is 145 cm³/mol. The number of hydrogen-bond acceptors (Lipinski definition) is 5. The van der Waals surface area contributed by atoms with Gasteiger partial charge in [0.2, 0.25) is 5.95 Å². The van der Waals surface area contributed by atoms with Crippen molar-refractivity contribution in [2.24, 2.45) is 0 Å². The SMILES string of the molecule is C=CCOC(=O)C1(NC(=O)c2cnc3n2[C@](C)(Cc2ccc(C)cc2)C(=O)N3c2cc(Cl)cc(Cl)c2)CC1. The molecule has 196 valence electrons. The normalized spacial score (nSPS) is 19.2. The van der Waals surface area contributed by atoms with Crippen LogP contribution in [-0.4, -0.2) is 39.5 Å². The summed E-state index contributed by atoms with van der Waals surface area (Å²) in [5.74, 6) is -1.07. The number of nitrogens with zero attached hydrogens (tertiary/aromatic N) is 3. The van der Waals surface area contributed by atoms with Crippen LogP contribution in [0, 0.1) is 6.92 Å². The second-order valence-corrected chi connectivity index (χ2v) is 10.8. The van der Waals surface area contributed by atoms with Gasteiger partial charge in [-0.05, 0) is 50.5 Å². The monoisotopic (exact) mass is 552 g/mol. The molecule has 10 heteroatoms. The Kier molecular flexibility index (Phi) is 6.57. The summed E-state index contributed by atoms with van der Waals surface area (Å²) in [4.78, 5) is 46.1. The van der Waals surface area contributed by atoms with E-state index < -0.39 is 23.0 Å². The second-order valence-electron chi connectivity index (χ2n) is 9.91. The second kappa shape index (κ2) is 9.60. The van der Waals surface area contributed by atoms with Gasteiger partial charge in [0, 0.05) is 16.5 Å². The van der Waals surface area contributed by atoms with Crippen LogP contribution in [-0.2, 0) is 26.3 Å². The zero-order valence-corrected chi connectivity index (χ0v) is 22.5. The molecule has 0 radical (unpaired) electrons. The molecule has 3 aromatic rings. The van der Waals surface area contributed by atoms with Gasteiger partial charge >= 0.3 is 5.97 Å². The van der Waals surface area contributed by atoms with E-state index in [0.29, 0.717) is 35.0 Å². The van der Waals surface area contributed by atoms with E-state index in [4.69, 9.17) is 27.9 Å². The van der Waals surface area contributed by atoms with Gasteiger partial charge in [-0.1, -0.05) is 65.7 Å². The van der Waals surface area contributed by atoms with Crippen molar-refractivity contribution < 1.29 is 19.1 Å². The number of hydrogen-bond donors (Lipinski definition) is 1. The molecule has 0 saturated heterocycles. The van der Waals surface area contributed by atoms with Crippen LogP contribution in [0.4, 0.5) is 11.6 Å². The summed E-state index contributed by atoms with van der Waals surface area (Å²) in [5, 5.41) is 3.54. The first-order valence-electron chi connectivity index (χ1n) is 12.1. The van der Waals surface area contributed by atoms with Crippen LogP contribution in [0.15, 0.2) is 61.3 Å². The smallest absolute Gasteiger partial charge is 0.332 e. The van der Waals surface area contributed by atoms with Gasteiger partial charge in [0.15, 0.2) is 0 Å². The van der Waals surface area contributed by atoms with E-state index in [1.165, 1.54) is 17.2 Å². The Hall–Kier alpha value is -3.62. The molecule has 2 amide bonds. The highest BCUT2D eigenvalue weighted by atomic mass is 35.5. The summed E-state index contributed by atoms with van der Waals surface area (Å²) in [7, 11) is 0. The summed E-state index contributed by atoms with van der Waals surface area (Å²) < 4.78 is 6.82. The number of rotatable bonds is 8. The van der Waals surface area contributed by atoms with E-state index in [1.807, 2.05) is 31.2 Å². The van der Waals surface area contributed by atoms with Gasteiger partial charge in [0.1, 0.15) is 23.4 Å². The maximum atomic E-state index is 14.1. The quantitative estimate of drug-likeness (QED) is 0.309. The molecule has 1 fully saturated rings. The van der Waals surface area contributed by atoms with Crippen molar-refractivity contribution in [1.82, 2.24) is 14.9 Å². The number of esters is 1. The van der Waals surface area contributed by atoms with Crippen LogP contribution in [0.3, 0.4) is 0 Å². The van der Waals surface area contributed by atoms with E-state index in [9.17, 15) is 14.4 Å². The maximum absolute atomic E-state index is 14.1. The number of aryl methyl sites for hydroxylation is 1. The molecule has 38 heavy (non-hydrogen) atoms. The Balaban J connectivity index is 1.57. The lowest BCUT2D eigenvalue weighted by Gasteiger charge is -2.27. The van der Waals surface area contributed by atoms with E-state index >= 15 is 0 Å². The lowest BCUT2D eigenvalue weighted by atomic mass is 9.91. The lowest BCUT2D eigenvalue weighted by molar-refractivity contribution is -0.145. The molecule has 1 N–H and O–H groups in total. The van der Waals surface area contributed by atoms with Gasteiger partial charge in [-0.15, -0.1) is 0 Å². The number of carbonyl (C=O) groups excluding carboxylic acids is 3.